The molecule has 0 radical (unpaired) electrons. The first-order valence-electron chi connectivity index (χ1n) is 16.8. The van der Waals surface area contributed by atoms with Crippen molar-refractivity contribution in [2.45, 2.75) is 129 Å². The third-order valence-electron chi connectivity index (χ3n) is 8.16. The van der Waals surface area contributed by atoms with Crippen molar-refractivity contribution in [1.82, 2.24) is 0 Å². The van der Waals surface area contributed by atoms with Crippen molar-refractivity contribution in [2.75, 3.05) is 6.16 Å². The Morgan fingerprint density at radius 2 is 0.932 bits per heavy atom. The van der Waals surface area contributed by atoms with Gasteiger partial charge in [-0.1, -0.05) is 148 Å². The number of benzene rings is 3. The average Bonchev–Trinajstić information content (AvgIpc) is 2.96. The third kappa shape index (κ3) is 12.4. The first kappa shape index (κ1) is 35.8. The number of hydrogen-bond acceptors (Lipinski definition) is 4. The van der Waals surface area contributed by atoms with E-state index in [1.165, 1.54) is 56.9 Å². The van der Waals surface area contributed by atoms with Gasteiger partial charge in [0.05, 0.1) is 6.16 Å². The summed E-state index contributed by atoms with van der Waals surface area (Å²) in [6.45, 7) is 13.1. The summed E-state index contributed by atoms with van der Waals surface area (Å²) in [4.78, 5) is 0. The maximum Gasteiger partial charge on any atom is 0.430 e. The van der Waals surface area contributed by atoms with Crippen molar-refractivity contribution in [3.63, 3.8) is 0 Å². The second-order valence-corrected chi connectivity index (χ2v) is 16.4. The van der Waals surface area contributed by atoms with Crippen molar-refractivity contribution >= 4 is 7.60 Å². The number of unbranched alkanes of at least 4 members (excludes halogenated alkanes) is 10. The lowest BCUT2D eigenvalue weighted by Crippen LogP contribution is -2.18. The van der Waals surface area contributed by atoms with Crippen LogP contribution in [0.15, 0.2) is 72.8 Å². The van der Waals surface area contributed by atoms with Crippen molar-refractivity contribution in [2.24, 2.45) is 0 Å². The van der Waals surface area contributed by atoms with E-state index < -0.39 is 7.60 Å². The first-order valence-corrected chi connectivity index (χ1v) is 18.6. The summed E-state index contributed by atoms with van der Waals surface area (Å²) in [6.07, 6.45) is 14.6. The molecule has 0 fully saturated rings. The van der Waals surface area contributed by atoms with Crippen LogP contribution < -0.4 is 9.05 Å². The van der Waals surface area contributed by atoms with Crippen LogP contribution >= 0.6 is 7.60 Å². The molecular weight excluding hydrogens is 563 g/mol. The largest absolute Gasteiger partial charge is 0.507 e. The van der Waals surface area contributed by atoms with Gasteiger partial charge in [-0.2, -0.15) is 0 Å². The number of phenolic OH excluding ortho intramolecular Hbond substituents is 1. The molecule has 0 saturated heterocycles. The SMILES string of the molecule is CC(C)(C)c1cc(CCCCCCCCCCCCCP(=O)(Oc2ccccc2)Oc2ccccc2)cc(C(C)(C)C)c1O. The summed E-state index contributed by atoms with van der Waals surface area (Å²) >= 11 is 0. The van der Waals surface area contributed by atoms with Gasteiger partial charge in [0.2, 0.25) is 0 Å². The molecule has 0 spiro atoms. The van der Waals surface area contributed by atoms with Crippen LogP contribution in [0.25, 0.3) is 0 Å². The van der Waals surface area contributed by atoms with Gasteiger partial charge in [0.1, 0.15) is 17.2 Å². The molecular formula is C39H57O4P. The Morgan fingerprint density at radius 1 is 0.568 bits per heavy atom. The van der Waals surface area contributed by atoms with E-state index in [1.54, 1.807) is 0 Å². The Bertz CT molecular complexity index is 1210. The van der Waals surface area contributed by atoms with Gasteiger partial charge in [0.25, 0.3) is 0 Å². The van der Waals surface area contributed by atoms with Crippen molar-refractivity contribution < 1.29 is 18.7 Å². The minimum atomic E-state index is -3.30. The normalized spacial score (nSPS) is 12.3. The first-order chi connectivity index (χ1) is 20.9. The van der Waals surface area contributed by atoms with E-state index in [1.807, 2.05) is 60.7 Å². The molecule has 3 rings (SSSR count). The van der Waals surface area contributed by atoms with E-state index in [-0.39, 0.29) is 10.8 Å². The number of aryl methyl sites for hydroxylation is 1. The molecule has 0 bridgehead atoms. The van der Waals surface area contributed by atoms with Gasteiger partial charge < -0.3 is 14.2 Å². The van der Waals surface area contributed by atoms with Crippen LogP contribution in [0.3, 0.4) is 0 Å². The quantitative estimate of drug-likeness (QED) is 0.114. The van der Waals surface area contributed by atoms with Crippen molar-refractivity contribution in [3.8, 4) is 17.2 Å². The van der Waals surface area contributed by atoms with E-state index >= 15 is 0 Å². The van der Waals surface area contributed by atoms with Gasteiger partial charge in [-0.05, 0) is 71.0 Å². The topological polar surface area (TPSA) is 55.8 Å². The van der Waals surface area contributed by atoms with Crippen LogP contribution in [0.2, 0.25) is 0 Å². The van der Waals surface area contributed by atoms with Gasteiger partial charge in [-0.25, -0.2) is 4.57 Å². The Kier molecular flexibility index (Phi) is 13.9. The van der Waals surface area contributed by atoms with Crippen LogP contribution in [0.4, 0.5) is 0 Å². The standard InChI is InChI=1S/C39H57O4P/c1-38(2,3)35-30-32(31-36(37(35)40)39(4,5)6)24-18-14-12-10-8-7-9-11-13-15-23-29-44(41,42-33-25-19-16-20-26-33)43-34-27-21-17-22-28-34/h16-17,19-22,25-28,30-31,40H,7-15,18,23-24,29H2,1-6H3. The van der Waals surface area contributed by atoms with Gasteiger partial charge in [0.15, 0.2) is 0 Å². The summed E-state index contributed by atoms with van der Waals surface area (Å²) < 4.78 is 25.4. The Balaban J connectivity index is 1.29. The summed E-state index contributed by atoms with van der Waals surface area (Å²) in [5, 5.41) is 11.0. The number of para-hydroxylation sites is 2. The minimum Gasteiger partial charge on any atom is -0.507 e. The van der Waals surface area contributed by atoms with E-state index in [9.17, 15) is 9.67 Å². The number of phenols is 1. The molecule has 5 heteroatoms. The van der Waals surface area contributed by atoms with Crippen LogP contribution in [-0.2, 0) is 21.8 Å². The lowest BCUT2D eigenvalue weighted by molar-refractivity contribution is 0.383. The Labute approximate surface area is 268 Å². The fourth-order valence-electron chi connectivity index (χ4n) is 5.60. The fraction of sp³-hybridized carbons (Fsp3) is 0.538. The van der Waals surface area contributed by atoms with E-state index in [2.05, 4.69) is 53.7 Å². The van der Waals surface area contributed by atoms with Gasteiger partial charge in [0, 0.05) is 0 Å². The van der Waals surface area contributed by atoms with Crippen molar-refractivity contribution in [1.29, 1.82) is 0 Å². The molecule has 3 aromatic rings. The van der Waals surface area contributed by atoms with E-state index in [0.29, 0.717) is 23.4 Å². The third-order valence-corrected chi connectivity index (χ3v) is 10.0. The second kappa shape index (κ2) is 17.1. The summed E-state index contributed by atoms with van der Waals surface area (Å²) in [5.74, 6) is 1.64. The lowest BCUT2D eigenvalue weighted by Gasteiger charge is -2.28. The van der Waals surface area contributed by atoms with E-state index in [4.69, 9.17) is 9.05 Å². The number of hydrogen-bond donors (Lipinski definition) is 1. The predicted molar refractivity (Wildman–Crippen MR) is 187 cm³/mol. The second-order valence-electron chi connectivity index (χ2n) is 14.3. The molecule has 0 aliphatic carbocycles. The molecule has 44 heavy (non-hydrogen) atoms. The highest BCUT2D eigenvalue weighted by molar-refractivity contribution is 7.54. The molecule has 0 atom stereocenters. The zero-order valence-corrected chi connectivity index (χ0v) is 29.1. The Hall–Kier alpha value is -2.71. The van der Waals surface area contributed by atoms with Crippen LogP contribution in [0, 0.1) is 0 Å². The summed E-state index contributed by atoms with van der Waals surface area (Å²) in [5.41, 5.74) is 3.34. The summed E-state index contributed by atoms with van der Waals surface area (Å²) in [6, 6.07) is 23.1. The fourth-order valence-corrected chi connectivity index (χ4v) is 7.32. The monoisotopic (exact) mass is 620 g/mol. The molecule has 0 unspecified atom stereocenters. The molecule has 0 amide bonds. The molecule has 1 N–H and O–H groups in total. The van der Waals surface area contributed by atoms with E-state index in [0.717, 1.165) is 36.8 Å². The number of aromatic hydroxyl groups is 1. The van der Waals surface area contributed by atoms with Gasteiger partial charge in [-0.15, -0.1) is 0 Å². The summed E-state index contributed by atoms with van der Waals surface area (Å²) in [7, 11) is -3.30. The molecule has 0 aliphatic heterocycles. The molecule has 0 aliphatic rings. The highest BCUT2D eigenvalue weighted by Crippen LogP contribution is 2.49. The Morgan fingerprint density at radius 3 is 1.32 bits per heavy atom. The number of rotatable bonds is 18. The molecule has 0 heterocycles. The molecule has 0 saturated carbocycles. The van der Waals surface area contributed by atoms with Crippen LogP contribution in [0.5, 0.6) is 17.2 Å². The van der Waals surface area contributed by atoms with Crippen molar-refractivity contribution in [3.05, 3.63) is 89.5 Å². The smallest absolute Gasteiger partial charge is 0.430 e. The average molecular weight is 621 g/mol. The minimum absolute atomic E-state index is 0.0737. The molecule has 3 aromatic carbocycles. The van der Waals surface area contributed by atoms with Gasteiger partial charge >= 0.3 is 7.60 Å². The molecule has 0 aromatic heterocycles. The molecule has 242 valence electrons. The van der Waals surface area contributed by atoms with Crippen LogP contribution in [0.1, 0.15) is 129 Å². The molecule has 4 nitrogen and oxygen atoms in total. The predicted octanol–water partition coefficient (Wildman–Crippen LogP) is 12.2. The highest BCUT2D eigenvalue weighted by atomic mass is 31.2. The lowest BCUT2D eigenvalue weighted by atomic mass is 9.78. The zero-order valence-electron chi connectivity index (χ0n) is 28.2. The highest BCUT2D eigenvalue weighted by Gasteiger charge is 2.28. The van der Waals surface area contributed by atoms with Crippen LogP contribution in [-0.4, -0.2) is 11.3 Å². The zero-order chi connectivity index (χ0) is 32.1. The maximum absolute atomic E-state index is 13.6. The van der Waals surface area contributed by atoms with Gasteiger partial charge in [-0.3, -0.25) is 0 Å². The maximum atomic E-state index is 13.6.